The quantitative estimate of drug-likeness (QED) is 0.929. The van der Waals surface area contributed by atoms with Crippen LogP contribution >= 0.6 is 0 Å². The van der Waals surface area contributed by atoms with Gasteiger partial charge in [0, 0.05) is 24.8 Å². The first-order chi connectivity index (χ1) is 10.3. The molecule has 0 aromatic heterocycles. The van der Waals surface area contributed by atoms with Crippen LogP contribution in [-0.2, 0) is 4.74 Å². The molecule has 1 aromatic rings. The summed E-state index contributed by atoms with van der Waals surface area (Å²) in [5, 5.41) is 3.48. The van der Waals surface area contributed by atoms with E-state index in [9.17, 15) is 4.79 Å². The molecule has 0 saturated carbocycles. The molecular formula is C17H26N2O3. The minimum Gasteiger partial charge on any atom is -0.496 e. The summed E-state index contributed by atoms with van der Waals surface area (Å²) < 4.78 is 10.7. The van der Waals surface area contributed by atoms with Gasteiger partial charge in [-0.25, -0.2) is 4.79 Å². The maximum atomic E-state index is 12.1. The number of anilines is 1. The van der Waals surface area contributed by atoms with E-state index in [1.54, 1.807) is 12.0 Å². The van der Waals surface area contributed by atoms with E-state index in [2.05, 4.69) is 11.4 Å². The van der Waals surface area contributed by atoms with Gasteiger partial charge in [0.1, 0.15) is 11.4 Å². The van der Waals surface area contributed by atoms with Gasteiger partial charge in [0.25, 0.3) is 0 Å². The third-order valence-corrected chi connectivity index (χ3v) is 3.61. The summed E-state index contributed by atoms with van der Waals surface area (Å²) in [5.41, 5.74) is 1.69. The van der Waals surface area contributed by atoms with Gasteiger partial charge in [-0.2, -0.15) is 0 Å². The van der Waals surface area contributed by atoms with Gasteiger partial charge in [0.05, 0.1) is 7.11 Å². The highest BCUT2D eigenvalue weighted by Gasteiger charge is 2.29. The van der Waals surface area contributed by atoms with E-state index in [-0.39, 0.29) is 12.1 Å². The number of carbonyl (C=O) groups excluding carboxylic acids is 1. The molecule has 0 spiro atoms. The molecule has 22 heavy (non-hydrogen) atoms. The van der Waals surface area contributed by atoms with E-state index in [4.69, 9.17) is 9.47 Å². The predicted molar refractivity (Wildman–Crippen MR) is 87.6 cm³/mol. The Hall–Kier alpha value is -1.91. The van der Waals surface area contributed by atoms with Crippen molar-refractivity contribution in [3.63, 3.8) is 0 Å². The number of nitrogens with one attached hydrogen (secondary N) is 1. The molecule has 5 nitrogen and oxygen atoms in total. The molecule has 122 valence electrons. The van der Waals surface area contributed by atoms with Crippen LogP contribution in [0.3, 0.4) is 0 Å². The van der Waals surface area contributed by atoms with Gasteiger partial charge in [0.15, 0.2) is 0 Å². The van der Waals surface area contributed by atoms with Crippen LogP contribution in [-0.4, -0.2) is 42.8 Å². The van der Waals surface area contributed by atoms with Crippen molar-refractivity contribution in [1.29, 1.82) is 0 Å². The van der Waals surface area contributed by atoms with Crippen molar-refractivity contribution in [3.05, 3.63) is 23.8 Å². The molecule has 1 fully saturated rings. The van der Waals surface area contributed by atoms with Crippen molar-refractivity contribution in [1.82, 2.24) is 4.90 Å². The second kappa shape index (κ2) is 6.46. The summed E-state index contributed by atoms with van der Waals surface area (Å²) in [7, 11) is 1.67. The van der Waals surface area contributed by atoms with Gasteiger partial charge in [-0.05, 0) is 57.9 Å². The lowest BCUT2D eigenvalue weighted by Crippen LogP contribution is -2.36. The fourth-order valence-electron chi connectivity index (χ4n) is 2.57. The van der Waals surface area contributed by atoms with Gasteiger partial charge in [-0.3, -0.25) is 0 Å². The molecule has 1 N–H and O–H groups in total. The van der Waals surface area contributed by atoms with Crippen LogP contribution in [0.25, 0.3) is 0 Å². The summed E-state index contributed by atoms with van der Waals surface area (Å²) in [6.07, 6.45) is 0.687. The predicted octanol–water partition coefficient (Wildman–Crippen LogP) is 3.42. The highest BCUT2D eigenvalue weighted by Crippen LogP contribution is 2.24. The first-order valence-corrected chi connectivity index (χ1v) is 7.67. The number of ether oxygens (including phenoxy) is 2. The minimum absolute atomic E-state index is 0.234. The van der Waals surface area contributed by atoms with E-state index in [1.165, 1.54) is 0 Å². The summed E-state index contributed by atoms with van der Waals surface area (Å²) in [4.78, 5) is 13.8. The molecule has 1 atom stereocenters. The molecule has 0 bridgehead atoms. The van der Waals surface area contributed by atoms with Crippen molar-refractivity contribution < 1.29 is 14.3 Å². The Morgan fingerprint density at radius 3 is 2.68 bits per heavy atom. The zero-order chi connectivity index (χ0) is 16.3. The first-order valence-electron chi connectivity index (χ1n) is 7.67. The van der Waals surface area contributed by atoms with Crippen LogP contribution < -0.4 is 10.1 Å². The number of aryl methyl sites for hydroxylation is 1. The zero-order valence-electron chi connectivity index (χ0n) is 14.1. The second-order valence-corrected chi connectivity index (χ2v) is 6.74. The van der Waals surface area contributed by atoms with E-state index in [0.717, 1.165) is 30.0 Å². The molecule has 1 unspecified atom stereocenters. The fraction of sp³-hybridized carbons (Fsp3) is 0.588. The van der Waals surface area contributed by atoms with Crippen molar-refractivity contribution in [2.75, 3.05) is 25.5 Å². The largest absolute Gasteiger partial charge is 0.496 e. The van der Waals surface area contributed by atoms with Gasteiger partial charge in [-0.1, -0.05) is 0 Å². The summed E-state index contributed by atoms with van der Waals surface area (Å²) in [6.45, 7) is 9.07. The number of nitrogens with zero attached hydrogens (tertiary/aromatic N) is 1. The summed E-state index contributed by atoms with van der Waals surface area (Å²) in [5.74, 6) is 0.882. The fourth-order valence-corrected chi connectivity index (χ4v) is 2.57. The van der Waals surface area contributed by atoms with Crippen LogP contribution in [0, 0.1) is 6.92 Å². The van der Waals surface area contributed by atoms with Gasteiger partial charge < -0.3 is 19.7 Å². The van der Waals surface area contributed by atoms with Crippen molar-refractivity contribution in [2.45, 2.75) is 45.8 Å². The molecule has 1 saturated heterocycles. The van der Waals surface area contributed by atoms with E-state index in [0.29, 0.717) is 6.54 Å². The van der Waals surface area contributed by atoms with Crippen LogP contribution in [0.5, 0.6) is 5.75 Å². The lowest BCUT2D eigenvalue weighted by molar-refractivity contribution is 0.0293. The average Bonchev–Trinajstić information content (AvgIpc) is 2.85. The number of amides is 1. The Balaban J connectivity index is 1.91. The van der Waals surface area contributed by atoms with Crippen LogP contribution in [0.4, 0.5) is 10.5 Å². The highest BCUT2D eigenvalue weighted by atomic mass is 16.6. The third-order valence-electron chi connectivity index (χ3n) is 3.61. The number of rotatable bonds is 3. The minimum atomic E-state index is -0.449. The first kappa shape index (κ1) is 16.5. The smallest absolute Gasteiger partial charge is 0.410 e. The van der Waals surface area contributed by atoms with Crippen LogP contribution in [0.15, 0.2) is 18.2 Å². The van der Waals surface area contributed by atoms with E-state index < -0.39 is 5.60 Å². The highest BCUT2D eigenvalue weighted by molar-refractivity contribution is 5.68. The monoisotopic (exact) mass is 306 g/mol. The zero-order valence-corrected chi connectivity index (χ0v) is 14.1. The number of hydrogen-bond donors (Lipinski definition) is 1. The van der Waals surface area contributed by atoms with Crippen molar-refractivity contribution in [2.24, 2.45) is 0 Å². The third kappa shape index (κ3) is 4.29. The average molecular weight is 306 g/mol. The number of methoxy groups -OCH3 is 1. The number of benzene rings is 1. The number of likely N-dealkylation sites (tertiary alicyclic amines) is 1. The molecule has 1 aliphatic rings. The maximum Gasteiger partial charge on any atom is 0.410 e. The molecular weight excluding hydrogens is 280 g/mol. The molecule has 0 aliphatic carbocycles. The normalized spacial score (nSPS) is 18.2. The van der Waals surface area contributed by atoms with Gasteiger partial charge in [0.2, 0.25) is 0 Å². The van der Waals surface area contributed by atoms with Crippen molar-refractivity contribution in [3.8, 4) is 5.75 Å². The Bertz CT molecular complexity index is 537. The van der Waals surface area contributed by atoms with Gasteiger partial charge in [-0.15, -0.1) is 0 Å². The molecule has 5 heteroatoms. The van der Waals surface area contributed by atoms with Crippen molar-refractivity contribution >= 4 is 11.8 Å². The lowest BCUT2D eigenvalue weighted by atomic mass is 10.1. The van der Waals surface area contributed by atoms with Crippen LogP contribution in [0.2, 0.25) is 0 Å². The van der Waals surface area contributed by atoms with Crippen LogP contribution in [0.1, 0.15) is 32.8 Å². The molecule has 1 aromatic carbocycles. The maximum absolute atomic E-state index is 12.1. The summed E-state index contributed by atoms with van der Waals surface area (Å²) in [6, 6.07) is 6.27. The lowest BCUT2D eigenvalue weighted by Gasteiger charge is -2.24. The molecule has 1 aliphatic heterocycles. The Kier molecular flexibility index (Phi) is 4.84. The van der Waals surface area contributed by atoms with Gasteiger partial charge >= 0.3 is 6.09 Å². The summed E-state index contributed by atoms with van der Waals surface area (Å²) >= 11 is 0. The number of carbonyl (C=O) groups is 1. The molecule has 2 rings (SSSR count). The second-order valence-electron chi connectivity index (χ2n) is 6.74. The standard InChI is InChI=1S/C17H26N2O3/c1-12-10-13(6-7-15(12)21-5)18-14-8-9-19(11-14)16(20)22-17(2,3)4/h6-7,10,14,18H,8-9,11H2,1-5H3. The molecule has 1 amide bonds. The van der Waals surface area contributed by atoms with E-state index in [1.807, 2.05) is 39.8 Å². The SMILES string of the molecule is COc1ccc(NC2CCN(C(=O)OC(C)(C)C)C2)cc1C. The Morgan fingerprint density at radius 1 is 1.36 bits per heavy atom. The van der Waals surface area contributed by atoms with E-state index >= 15 is 0 Å². The molecule has 0 radical (unpaired) electrons. The Morgan fingerprint density at radius 2 is 2.09 bits per heavy atom. The number of hydrogen-bond acceptors (Lipinski definition) is 4. The Labute approximate surface area is 132 Å². The topological polar surface area (TPSA) is 50.8 Å². The molecule has 1 heterocycles.